The third kappa shape index (κ3) is 3.43. The van der Waals surface area contributed by atoms with Crippen molar-refractivity contribution in [1.29, 1.82) is 0 Å². The molecule has 0 heterocycles. The molecule has 2 rings (SSSR count). The van der Waals surface area contributed by atoms with Crippen LogP contribution < -0.4 is 9.83 Å². The first-order valence-electron chi connectivity index (χ1n) is 5.84. The second-order valence-corrected chi connectivity index (χ2v) is 5.89. The van der Waals surface area contributed by atoms with E-state index in [2.05, 4.69) is 4.72 Å². The van der Waals surface area contributed by atoms with Crippen molar-refractivity contribution in [2.45, 2.75) is 11.4 Å². The molecule has 2 aromatic rings. The summed E-state index contributed by atoms with van der Waals surface area (Å²) in [4.78, 5) is 10.6. The molecule has 20 heavy (non-hydrogen) atoms. The van der Waals surface area contributed by atoms with Gasteiger partial charge in [-0.15, -0.1) is 0 Å². The summed E-state index contributed by atoms with van der Waals surface area (Å²) < 4.78 is 26.5. The first-order valence-corrected chi connectivity index (χ1v) is 7.32. The molecule has 6 heteroatoms. The summed E-state index contributed by atoms with van der Waals surface area (Å²) >= 11 is 0. The Hall–Kier alpha value is -2.18. The molecule has 0 saturated heterocycles. The van der Waals surface area contributed by atoms with Gasteiger partial charge in [0.05, 0.1) is 10.9 Å². The van der Waals surface area contributed by atoms with Crippen molar-refractivity contribution in [1.82, 2.24) is 4.72 Å². The quantitative estimate of drug-likeness (QED) is 0.870. The molecule has 0 saturated carbocycles. The van der Waals surface area contributed by atoms with Gasteiger partial charge in [-0.1, -0.05) is 42.5 Å². The molecule has 5 nitrogen and oxygen atoms in total. The molecule has 1 N–H and O–H groups in total. The van der Waals surface area contributed by atoms with E-state index in [0.717, 1.165) is 5.56 Å². The zero-order valence-electron chi connectivity index (χ0n) is 10.4. The monoisotopic (exact) mass is 290 g/mol. The molecule has 0 aliphatic carbocycles. The van der Waals surface area contributed by atoms with Gasteiger partial charge in [-0.3, -0.25) is 0 Å². The summed E-state index contributed by atoms with van der Waals surface area (Å²) in [5.74, 6) is -1.34. The van der Waals surface area contributed by atoms with E-state index < -0.39 is 16.0 Å². The highest BCUT2D eigenvalue weighted by Gasteiger charge is 2.13. The van der Waals surface area contributed by atoms with Crippen molar-refractivity contribution in [2.75, 3.05) is 0 Å². The van der Waals surface area contributed by atoms with Gasteiger partial charge in [0.2, 0.25) is 10.0 Å². The highest BCUT2D eigenvalue weighted by molar-refractivity contribution is 7.89. The molecule has 2 aromatic carbocycles. The van der Waals surface area contributed by atoms with Crippen LogP contribution in [0, 0.1) is 0 Å². The van der Waals surface area contributed by atoms with Crippen LogP contribution in [0.25, 0.3) is 0 Å². The van der Waals surface area contributed by atoms with Crippen LogP contribution in [0.5, 0.6) is 0 Å². The number of nitrogens with one attached hydrogen (secondary N) is 1. The normalized spacial score (nSPS) is 11.2. The molecular formula is C14H12NO4S-. The van der Waals surface area contributed by atoms with E-state index in [1.54, 1.807) is 0 Å². The molecule has 0 bridgehead atoms. The maximum Gasteiger partial charge on any atom is 0.240 e. The van der Waals surface area contributed by atoms with Crippen LogP contribution in [0.15, 0.2) is 59.5 Å². The maximum atomic E-state index is 12.0. The average Bonchev–Trinajstić information content (AvgIpc) is 2.46. The van der Waals surface area contributed by atoms with Gasteiger partial charge < -0.3 is 9.90 Å². The third-order valence-corrected chi connectivity index (χ3v) is 4.13. The van der Waals surface area contributed by atoms with E-state index in [-0.39, 0.29) is 17.0 Å². The van der Waals surface area contributed by atoms with E-state index >= 15 is 0 Å². The van der Waals surface area contributed by atoms with Gasteiger partial charge in [-0.25, -0.2) is 13.1 Å². The van der Waals surface area contributed by atoms with Crippen molar-refractivity contribution in [3.8, 4) is 0 Å². The number of carboxylic acid groups (broad SMARTS) is 1. The fourth-order valence-corrected chi connectivity index (χ4v) is 2.65. The maximum absolute atomic E-state index is 12.0. The Morgan fingerprint density at radius 2 is 1.60 bits per heavy atom. The van der Waals surface area contributed by atoms with Gasteiger partial charge in [0.15, 0.2) is 0 Å². The van der Waals surface area contributed by atoms with Crippen LogP contribution in [0.2, 0.25) is 0 Å². The van der Waals surface area contributed by atoms with Gasteiger partial charge >= 0.3 is 0 Å². The van der Waals surface area contributed by atoms with Gasteiger partial charge in [0.25, 0.3) is 0 Å². The van der Waals surface area contributed by atoms with Gasteiger partial charge in [-0.05, 0) is 23.3 Å². The zero-order chi connectivity index (χ0) is 14.6. The number of rotatable bonds is 5. The lowest BCUT2D eigenvalue weighted by Crippen LogP contribution is -2.24. The number of hydrogen-bond acceptors (Lipinski definition) is 4. The number of carboxylic acids is 1. The predicted molar refractivity (Wildman–Crippen MR) is 71.2 cm³/mol. The molecule has 0 unspecified atom stereocenters. The van der Waals surface area contributed by atoms with Crippen LogP contribution in [-0.4, -0.2) is 14.4 Å². The summed E-state index contributed by atoms with van der Waals surface area (Å²) in [5, 5.41) is 10.6. The number of aromatic carboxylic acids is 1. The van der Waals surface area contributed by atoms with Crippen LogP contribution in [-0.2, 0) is 16.6 Å². The Bertz CT molecular complexity index is 694. The topological polar surface area (TPSA) is 86.3 Å². The summed E-state index contributed by atoms with van der Waals surface area (Å²) in [6.07, 6.45) is 0. The lowest BCUT2D eigenvalue weighted by atomic mass is 10.2. The first-order chi connectivity index (χ1) is 9.49. The fourth-order valence-electron chi connectivity index (χ4n) is 1.63. The number of benzene rings is 2. The lowest BCUT2D eigenvalue weighted by molar-refractivity contribution is -0.255. The molecule has 0 amide bonds. The molecule has 104 valence electrons. The van der Waals surface area contributed by atoms with Crippen molar-refractivity contribution in [2.24, 2.45) is 0 Å². The highest BCUT2D eigenvalue weighted by Crippen LogP contribution is 2.11. The molecule has 0 radical (unpaired) electrons. The molecule has 0 atom stereocenters. The Labute approximate surface area is 116 Å². The minimum Gasteiger partial charge on any atom is -0.545 e. The standard InChI is InChI=1S/C14H13NO4S/c16-14(17)12-6-8-13(9-7-12)20(18,19)15-10-11-4-2-1-3-5-11/h1-9,15H,10H2,(H,16,17)/p-1. The number of hydrogen-bond donors (Lipinski definition) is 1. The van der Waals surface area contributed by atoms with Gasteiger partial charge in [0.1, 0.15) is 0 Å². The molecule has 0 spiro atoms. The van der Waals surface area contributed by atoms with Crippen LogP contribution in [0.1, 0.15) is 15.9 Å². The van der Waals surface area contributed by atoms with E-state index in [1.807, 2.05) is 30.3 Å². The average molecular weight is 290 g/mol. The molecule has 0 aliphatic rings. The fraction of sp³-hybridized carbons (Fsp3) is 0.0714. The predicted octanol–water partition coefficient (Wildman–Crippen LogP) is 0.529. The highest BCUT2D eigenvalue weighted by atomic mass is 32.2. The molecule has 0 aromatic heterocycles. The van der Waals surface area contributed by atoms with E-state index in [4.69, 9.17) is 0 Å². The van der Waals surface area contributed by atoms with Crippen LogP contribution in [0.4, 0.5) is 0 Å². The minimum absolute atomic E-state index is 0.0124. The summed E-state index contributed by atoms with van der Waals surface area (Å²) in [7, 11) is -3.66. The number of carbonyl (C=O) groups is 1. The molecule has 0 fully saturated rings. The summed E-state index contributed by atoms with van der Waals surface area (Å²) in [6.45, 7) is 0.172. The first kappa shape index (κ1) is 14.2. The Balaban J connectivity index is 2.12. The molecular weight excluding hydrogens is 278 g/mol. The Morgan fingerprint density at radius 1 is 1.00 bits per heavy atom. The van der Waals surface area contributed by atoms with E-state index in [9.17, 15) is 18.3 Å². The molecule has 0 aliphatic heterocycles. The second kappa shape index (κ2) is 5.85. The smallest absolute Gasteiger partial charge is 0.240 e. The van der Waals surface area contributed by atoms with Gasteiger partial charge in [-0.2, -0.15) is 0 Å². The van der Waals surface area contributed by atoms with Crippen molar-refractivity contribution in [3.05, 3.63) is 65.7 Å². The largest absolute Gasteiger partial charge is 0.545 e. The number of carbonyl (C=O) groups excluding carboxylic acids is 1. The zero-order valence-corrected chi connectivity index (χ0v) is 11.3. The number of sulfonamides is 1. The minimum atomic E-state index is -3.66. The van der Waals surface area contributed by atoms with Crippen molar-refractivity contribution >= 4 is 16.0 Å². The third-order valence-electron chi connectivity index (χ3n) is 2.71. The van der Waals surface area contributed by atoms with Crippen molar-refractivity contribution < 1.29 is 18.3 Å². The summed E-state index contributed by atoms with van der Waals surface area (Å²) in [6, 6.07) is 14.0. The van der Waals surface area contributed by atoms with E-state index in [0.29, 0.717) is 0 Å². The second-order valence-electron chi connectivity index (χ2n) is 4.12. The Kier molecular flexibility index (Phi) is 4.16. The van der Waals surface area contributed by atoms with Crippen LogP contribution >= 0.6 is 0 Å². The lowest BCUT2D eigenvalue weighted by Gasteiger charge is -2.08. The Morgan fingerprint density at radius 3 is 2.15 bits per heavy atom. The van der Waals surface area contributed by atoms with Crippen LogP contribution in [0.3, 0.4) is 0 Å². The van der Waals surface area contributed by atoms with Crippen molar-refractivity contribution in [3.63, 3.8) is 0 Å². The van der Waals surface area contributed by atoms with Gasteiger partial charge in [0, 0.05) is 6.54 Å². The van der Waals surface area contributed by atoms with E-state index in [1.165, 1.54) is 24.3 Å². The SMILES string of the molecule is O=C([O-])c1ccc(S(=O)(=O)NCc2ccccc2)cc1. The summed E-state index contributed by atoms with van der Waals surface area (Å²) in [5.41, 5.74) is 0.773.